The van der Waals surface area contributed by atoms with Crippen molar-refractivity contribution >= 4 is 29.1 Å². The summed E-state index contributed by atoms with van der Waals surface area (Å²) in [5.74, 6) is 0.384. The minimum atomic E-state index is 0.105. The number of nitrogens with zero attached hydrogens (tertiary/aromatic N) is 1. The number of carbonyl (C=O) groups is 1. The van der Waals surface area contributed by atoms with Crippen LogP contribution in [0, 0.1) is 5.92 Å². The molecule has 1 N–H and O–H groups in total. The van der Waals surface area contributed by atoms with Crippen LogP contribution in [0.25, 0.3) is 0 Å². The first-order valence-electron chi connectivity index (χ1n) is 7.56. The largest absolute Gasteiger partial charge is 0.335 e. The van der Waals surface area contributed by atoms with Gasteiger partial charge in [0.2, 0.25) is 5.91 Å². The van der Waals surface area contributed by atoms with Gasteiger partial charge in [0.25, 0.3) is 0 Å². The third kappa shape index (κ3) is 2.92. The van der Waals surface area contributed by atoms with Gasteiger partial charge in [0.05, 0.1) is 22.0 Å². The van der Waals surface area contributed by atoms with E-state index in [0.717, 1.165) is 37.9 Å². The molecule has 2 aliphatic rings. The fraction of sp³-hybridized carbons (Fsp3) is 0.562. The Hall–Kier alpha value is -0.770. The summed E-state index contributed by atoms with van der Waals surface area (Å²) in [6.45, 7) is 3.87. The van der Waals surface area contributed by atoms with Gasteiger partial charge >= 0.3 is 0 Å². The summed E-state index contributed by atoms with van der Waals surface area (Å²) in [7, 11) is 0. The summed E-state index contributed by atoms with van der Waals surface area (Å²) in [5.41, 5.74) is 1.09. The monoisotopic (exact) mass is 326 g/mol. The molecule has 3 nitrogen and oxygen atoms in total. The van der Waals surface area contributed by atoms with Gasteiger partial charge in [-0.3, -0.25) is 4.79 Å². The minimum Gasteiger partial charge on any atom is -0.335 e. The quantitative estimate of drug-likeness (QED) is 0.899. The van der Waals surface area contributed by atoms with Crippen LogP contribution in [0.1, 0.15) is 37.8 Å². The smallest absolute Gasteiger partial charge is 0.227 e. The number of amides is 1. The molecule has 114 valence electrons. The molecule has 2 aliphatic heterocycles. The van der Waals surface area contributed by atoms with Crippen molar-refractivity contribution in [3.05, 3.63) is 33.8 Å². The first-order valence-corrected chi connectivity index (χ1v) is 8.32. The Morgan fingerprint density at radius 3 is 2.76 bits per heavy atom. The highest BCUT2D eigenvalue weighted by Gasteiger charge is 2.37. The van der Waals surface area contributed by atoms with Gasteiger partial charge in [-0.15, -0.1) is 0 Å². The molecular formula is C16H20Cl2N2O. The number of likely N-dealkylation sites (tertiary alicyclic amines) is 1. The Morgan fingerprint density at radius 1 is 1.29 bits per heavy atom. The number of rotatable bonds is 2. The van der Waals surface area contributed by atoms with E-state index in [1.54, 1.807) is 0 Å². The van der Waals surface area contributed by atoms with Crippen molar-refractivity contribution in [3.8, 4) is 0 Å². The summed E-state index contributed by atoms with van der Waals surface area (Å²) >= 11 is 12.1. The minimum absolute atomic E-state index is 0.105. The van der Waals surface area contributed by atoms with Gasteiger partial charge in [0.15, 0.2) is 0 Å². The van der Waals surface area contributed by atoms with Crippen molar-refractivity contribution in [1.29, 1.82) is 0 Å². The summed E-state index contributed by atoms with van der Waals surface area (Å²) in [6.07, 6.45) is 2.98. The topological polar surface area (TPSA) is 32.3 Å². The summed E-state index contributed by atoms with van der Waals surface area (Å²) in [4.78, 5) is 14.9. The highest BCUT2D eigenvalue weighted by Crippen LogP contribution is 2.36. The number of nitrogens with one attached hydrogen (secondary N) is 1. The van der Waals surface area contributed by atoms with Crippen LogP contribution in [0.2, 0.25) is 10.0 Å². The molecule has 2 heterocycles. The second kappa shape index (κ2) is 6.15. The van der Waals surface area contributed by atoms with Crippen LogP contribution in [-0.4, -0.2) is 29.9 Å². The van der Waals surface area contributed by atoms with E-state index in [9.17, 15) is 4.79 Å². The van der Waals surface area contributed by atoms with Crippen molar-refractivity contribution in [1.82, 2.24) is 10.2 Å². The lowest BCUT2D eigenvalue weighted by Crippen LogP contribution is -2.39. The molecule has 0 saturated carbocycles. The number of carbonyl (C=O) groups excluding carboxylic acids is 1. The second-order valence-corrected chi connectivity index (χ2v) is 6.82. The van der Waals surface area contributed by atoms with Gasteiger partial charge in [-0.2, -0.15) is 0 Å². The molecule has 0 radical (unpaired) electrons. The molecule has 0 aromatic heterocycles. The zero-order chi connectivity index (χ0) is 15.0. The van der Waals surface area contributed by atoms with Crippen LogP contribution in [-0.2, 0) is 4.79 Å². The molecule has 2 fully saturated rings. The standard InChI is InChI=1S/C16H20Cl2N2O/c1-10-12(6-7-19-10)16(21)20-8-2-3-15(20)11-4-5-13(17)14(18)9-11/h4-5,9-10,12,15,19H,2-3,6-8H2,1H3. The third-order valence-corrected chi connectivity index (χ3v) is 5.45. The normalized spacial score (nSPS) is 29.1. The Balaban J connectivity index is 1.81. The predicted molar refractivity (Wildman–Crippen MR) is 85.7 cm³/mol. The van der Waals surface area contributed by atoms with Gasteiger partial charge in [0.1, 0.15) is 0 Å². The number of hydrogen-bond donors (Lipinski definition) is 1. The van der Waals surface area contributed by atoms with Crippen molar-refractivity contribution in [2.45, 2.75) is 38.3 Å². The van der Waals surface area contributed by atoms with E-state index in [2.05, 4.69) is 12.2 Å². The maximum absolute atomic E-state index is 12.8. The molecule has 21 heavy (non-hydrogen) atoms. The highest BCUT2D eigenvalue weighted by molar-refractivity contribution is 6.42. The van der Waals surface area contributed by atoms with Crippen molar-refractivity contribution in [3.63, 3.8) is 0 Å². The van der Waals surface area contributed by atoms with E-state index in [1.165, 1.54) is 0 Å². The Labute approximate surface area is 135 Å². The lowest BCUT2D eigenvalue weighted by molar-refractivity contribution is -0.136. The molecule has 2 saturated heterocycles. The number of hydrogen-bond acceptors (Lipinski definition) is 2. The molecule has 3 atom stereocenters. The Kier molecular flexibility index (Phi) is 4.43. The number of halogens is 2. The fourth-order valence-electron chi connectivity index (χ4n) is 3.51. The predicted octanol–water partition coefficient (Wildman–Crippen LogP) is 3.65. The summed E-state index contributed by atoms with van der Waals surface area (Å²) < 4.78 is 0. The molecule has 1 amide bonds. The van der Waals surface area contributed by atoms with Gasteiger partial charge in [0, 0.05) is 12.6 Å². The van der Waals surface area contributed by atoms with Gasteiger partial charge in [-0.05, 0) is 50.4 Å². The van der Waals surface area contributed by atoms with Crippen molar-refractivity contribution < 1.29 is 4.79 Å². The lowest BCUT2D eigenvalue weighted by Gasteiger charge is -2.29. The highest BCUT2D eigenvalue weighted by atomic mass is 35.5. The van der Waals surface area contributed by atoms with Crippen LogP contribution in [0.4, 0.5) is 0 Å². The summed E-state index contributed by atoms with van der Waals surface area (Å²) in [6, 6.07) is 6.12. The van der Waals surface area contributed by atoms with Crippen molar-refractivity contribution in [2.24, 2.45) is 5.92 Å². The lowest BCUT2D eigenvalue weighted by atomic mass is 9.98. The molecule has 5 heteroatoms. The van der Waals surface area contributed by atoms with E-state index < -0.39 is 0 Å². The molecule has 3 unspecified atom stereocenters. The summed E-state index contributed by atoms with van der Waals surface area (Å²) in [5, 5.41) is 4.48. The molecular weight excluding hydrogens is 307 g/mol. The average Bonchev–Trinajstić information content (AvgIpc) is 3.10. The van der Waals surface area contributed by atoms with Crippen LogP contribution >= 0.6 is 23.2 Å². The molecule has 3 rings (SSSR count). The van der Waals surface area contributed by atoms with E-state index >= 15 is 0 Å². The van der Waals surface area contributed by atoms with Crippen LogP contribution in [0.3, 0.4) is 0 Å². The van der Waals surface area contributed by atoms with Crippen molar-refractivity contribution in [2.75, 3.05) is 13.1 Å². The van der Waals surface area contributed by atoms with E-state index in [-0.39, 0.29) is 23.9 Å². The molecule has 1 aromatic carbocycles. The molecule has 0 aliphatic carbocycles. The first kappa shape index (κ1) is 15.1. The van der Waals surface area contributed by atoms with E-state index in [1.807, 2.05) is 23.1 Å². The maximum atomic E-state index is 12.8. The van der Waals surface area contributed by atoms with E-state index in [0.29, 0.717) is 10.0 Å². The zero-order valence-electron chi connectivity index (χ0n) is 12.1. The van der Waals surface area contributed by atoms with E-state index in [4.69, 9.17) is 23.2 Å². The Bertz CT molecular complexity index is 549. The average molecular weight is 327 g/mol. The number of benzene rings is 1. The van der Waals surface area contributed by atoms with Crippen LogP contribution < -0.4 is 5.32 Å². The molecule has 0 spiro atoms. The van der Waals surface area contributed by atoms with Gasteiger partial charge < -0.3 is 10.2 Å². The van der Waals surface area contributed by atoms with Gasteiger partial charge in [-0.25, -0.2) is 0 Å². The zero-order valence-corrected chi connectivity index (χ0v) is 13.6. The Morgan fingerprint density at radius 2 is 2.10 bits per heavy atom. The molecule has 0 bridgehead atoms. The van der Waals surface area contributed by atoms with Gasteiger partial charge in [-0.1, -0.05) is 29.3 Å². The third-order valence-electron chi connectivity index (χ3n) is 4.71. The van der Waals surface area contributed by atoms with Crippen LogP contribution in [0.5, 0.6) is 0 Å². The maximum Gasteiger partial charge on any atom is 0.227 e. The first-order chi connectivity index (χ1) is 10.1. The molecule has 1 aromatic rings. The fourth-order valence-corrected chi connectivity index (χ4v) is 3.81. The van der Waals surface area contributed by atoms with Crippen LogP contribution in [0.15, 0.2) is 18.2 Å². The SMILES string of the molecule is CC1NCCC1C(=O)N1CCCC1c1ccc(Cl)c(Cl)c1. The second-order valence-electron chi connectivity index (χ2n) is 6.00.